The van der Waals surface area contributed by atoms with Crippen LogP contribution in [0.4, 0.5) is 0 Å². The molecule has 0 fully saturated rings. The van der Waals surface area contributed by atoms with Crippen LogP contribution in [0.1, 0.15) is 16.7 Å². The summed E-state index contributed by atoms with van der Waals surface area (Å²) in [5.41, 5.74) is 3.49. The standard InChI is InChI=1S/C20H18O5/c1-11-4-6-14(7-5-11)19-20(24-10-16(21)22)17(23)15-9-12(2)8-13(3)18(15)25-19/h4-9H,10H2,1-3H3,(H,21,22)/p-1. The summed E-state index contributed by atoms with van der Waals surface area (Å²) in [4.78, 5) is 23.7. The highest BCUT2D eigenvalue weighted by Crippen LogP contribution is 2.32. The number of carbonyl (C=O) groups excluding carboxylic acids is 1. The van der Waals surface area contributed by atoms with Gasteiger partial charge in [-0.1, -0.05) is 35.9 Å². The van der Waals surface area contributed by atoms with Crippen LogP contribution >= 0.6 is 0 Å². The van der Waals surface area contributed by atoms with Gasteiger partial charge in [0.25, 0.3) is 0 Å². The molecule has 2 aromatic carbocycles. The lowest BCUT2D eigenvalue weighted by atomic mass is 10.0. The lowest BCUT2D eigenvalue weighted by molar-refractivity contribution is -0.307. The van der Waals surface area contributed by atoms with Gasteiger partial charge in [0.05, 0.1) is 11.4 Å². The van der Waals surface area contributed by atoms with Crippen molar-refractivity contribution in [3.05, 3.63) is 63.3 Å². The summed E-state index contributed by atoms with van der Waals surface area (Å²) in [5, 5.41) is 11.1. The van der Waals surface area contributed by atoms with Crippen LogP contribution in [0, 0.1) is 20.8 Å². The first-order valence-electron chi connectivity index (χ1n) is 7.84. The molecule has 0 unspecified atom stereocenters. The van der Waals surface area contributed by atoms with Gasteiger partial charge in [-0.25, -0.2) is 0 Å². The van der Waals surface area contributed by atoms with E-state index in [0.717, 1.165) is 16.7 Å². The fourth-order valence-electron chi connectivity index (χ4n) is 2.79. The lowest BCUT2D eigenvalue weighted by Gasteiger charge is -2.13. The fourth-order valence-corrected chi connectivity index (χ4v) is 2.79. The highest BCUT2D eigenvalue weighted by atomic mass is 16.5. The molecule has 5 nitrogen and oxygen atoms in total. The van der Waals surface area contributed by atoms with E-state index >= 15 is 0 Å². The van der Waals surface area contributed by atoms with E-state index in [2.05, 4.69) is 0 Å². The summed E-state index contributed by atoms with van der Waals surface area (Å²) in [6.45, 7) is 4.96. The Morgan fingerprint density at radius 1 is 1.08 bits per heavy atom. The van der Waals surface area contributed by atoms with E-state index in [1.807, 2.05) is 39.0 Å². The smallest absolute Gasteiger partial charge is 0.235 e. The highest BCUT2D eigenvalue weighted by Gasteiger charge is 2.19. The molecular formula is C20H17O5-. The van der Waals surface area contributed by atoms with E-state index < -0.39 is 18.0 Å². The van der Waals surface area contributed by atoms with Gasteiger partial charge >= 0.3 is 0 Å². The van der Waals surface area contributed by atoms with Gasteiger partial charge in [-0.15, -0.1) is 0 Å². The zero-order valence-corrected chi connectivity index (χ0v) is 14.2. The van der Waals surface area contributed by atoms with Crippen LogP contribution in [0.5, 0.6) is 5.75 Å². The lowest BCUT2D eigenvalue weighted by Crippen LogP contribution is -2.30. The molecule has 0 saturated heterocycles. The molecule has 0 spiro atoms. The number of rotatable bonds is 4. The summed E-state index contributed by atoms with van der Waals surface area (Å²) >= 11 is 0. The molecule has 0 saturated carbocycles. The van der Waals surface area contributed by atoms with Crippen LogP contribution in [-0.2, 0) is 4.79 Å². The van der Waals surface area contributed by atoms with E-state index in [1.54, 1.807) is 18.2 Å². The molecule has 0 bridgehead atoms. The number of carboxylic acid groups (broad SMARTS) is 1. The van der Waals surface area contributed by atoms with Crippen LogP contribution < -0.4 is 15.3 Å². The average molecular weight is 337 g/mol. The van der Waals surface area contributed by atoms with Gasteiger partial charge in [0, 0.05) is 5.56 Å². The van der Waals surface area contributed by atoms with Gasteiger partial charge in [-0.2, -0.15) is 0 Å². The molecule has 1 aromatic heterocycles. The highest BCUT2D eigenvalue weighted by molar-refractivity contribution is 5.85. The first-order chi connectivity index (χ1) is 11.9. The Hall–Kier alpha value is -3.08. The predicted octanol–water partition coefficient (Wildman–Crippen LogP) is 2.51. The summed E-state index contributed by atoms with van der Waals surface area (Å²) < 4.78 is 11.2. The van der Waals surface area contributed by atoms with Crippen molar-refractivity contribution < 1.29 is 19.1 Å². The summed E-state index contributed by atoms with van der Waals surface area (Å²) in [6, 6.07) is 11.0. The second-order valence-electron chi connectivity index (χ2n) is 6.07. The number of fused-ring (bicyclic) bond motifs is 1. The minimum absolute atomic E-state index is 0.120. The Kier molecular flexibility index (Phi) is 4.31. The summed E-state index contributed by atoms with van der Waals surface area (Å²) in [7, 11) is 0. The van der Waals surface area contributed by atoms with Gasteiger partial charge in [0.2, 0.25) is 11.2 Å². The maximum atomic E-state index is 12.9. The van der Waals surface area contributed by atoms with E-state index in [-0.39, 0.29) is 11.5 Å². The summed E-state index contributed by atoms with van der Waals surface area (Å²) in [6.07, 6.45) is 0. The summed E-state index contributed by atoms with van der Waals surface area (Å²) in [5.74, 6) is -1.31. The minimum Gasteiger partial charge on any atom is -0.546 e. The second-order valence-corrected chi connectivity index (χ2v) is 6.07. The number of benzene rings is 2. The first kappa shape index (κ1) is 16.8. The van der Waals surface area contributed by atoms with Crippen molar-refractivity contribution in [3.8, 4) is 17.1 Å². The van der Waals surface area contributed by atoms with E-state index in [1.165, 1.54) is 0 Å². The topological polar surface area (TPSA) is 79.6 Å². The monoisotopic (exact) mass is 337 g/mol. The SMILES string of the molecule is Cc1ccc(-c2oc3c(C)cc(C)cc3c(=O)c2OCC(=O)[O-])cc1. The molecule has 0 aliphatic carbocycles. The maximum Gasteiger partial charge on any atom is 0.235 e. The van der Waals surface area contributed by atoms with Crippen molar-refractivity contribution in [2.75, 3.05) is 6.61 Å². The number of aryl methyl sites for hydroxylation is 3. The van der Waals surface area contributed by atoms with Crippen molar-refractivity contribution in [1.29, 1.82) is 0 Å². The van der Waals surface area contributed by atoms with Gasteiger partial charge in [0.1, 0.15) is 12.2 Å². The minimum atomic E-state index is -1.41. The zero-order valence-electron chi connectivity index (χ0n) is 14.2. The van der Waals surface area contributed by atoms with Crippen LogP contribution in [0.15, 0.2) is 45.6 Å². The van der Waals surface area contributed by atoms with Crippen LogP contribution in [0.2, 0.25) is 0 Å². The molecule has 5 heteroatoms. The number of ether oxygens (including phenoxy) is 1. The third-order valence-corrected chi connectivity index (χ3v) is 3.93. The van der Waals surface area contributed by atoms with E-state index in [4.69, 9.17) is 9.15 Å². The first-order valence-corrected chi connectivity index (χ1v) is 7.84. The number of aliphatic carboxylic acids is 1. The third-order valence-electron chi connectivity index (χ3n) is 3.93. The molecule has 3 rings (SSSR count). The largest absolute Gasteiger partial charge is 0.546 e. The fraction of sp³-hybridized carbons (Fsp3) is 0.200. The van der Waals surface area contributed by atoms with Crippen molar-refractivity contribution in [2.24, 2.45) is 0 Å². The van der Waals surface area contributed by atoms with Crippen LogP contribution in [-0.4, -0.2) is 12.6 Å². The number of hydrogen-bond acceptors (Lipinski definition) is 5. The average Bonchev–Trinajstić information content (AvgIpc) is 2.55. The molecule has 3 aromatic rings. The Morgan fingerprint density at radius 2 is 1.76 bits per heavy atom. The molecule has 0 N–H and O–H groups in total. The molecule has 25 heavy (non-hydrogen) atoms. The van der Waals surface area contributed by atoms with Crippen LogP contribution in [0.3, 0.4) is 0 Å². The predicted molar refractivity (Wildman–Crippen MR) is 92.6 cm³/mol. The number of carboxylic acids is 1. The molecule has 0 aliphatic heterocycles. The maximum absolute atomic E-state index is 12.9. The zero-order chi connectivity index (χ0) is 18.1. The molecule has 1 heterocycles. The third kappa shape index (κ3) is 3.26. The normalized spacial score (nSPS) is 10.8. The number of carbonyl (C=O) groups is 1. The molecule has 0 aliphatic rings. The van der Waals surface area contributed by atoms with E-state index in [0.29, 0.717) is 16.5 Å². The quantitative estimate of drug-likeness (QED) is 0.731. The van der Waals surface area contributed by atoms with Gasteiger partial charge < -0.3 is 19.1 Å². The Labute approximate surface area is 144 Å². The van der Waals surface area contributed by atoms with Crippen molar-refractivity contribution in [3.63, 3.8) is 0 Å². The molecular weight excluding hydrogens is 320 g/mol. The Balaban J connectivity index is 2.32. The molecule has 0 radical (unpaired) electrons. The van der Waals surface area contributed by atoms with Gasteiger partial charge in [-0.3, -0.25) is 4.79 Å². The van der Waals surface area contributed by atoms with Gasteiger partial charge in [0.15, 0.2) is 5.76 Å². The Bertz CT molecular complexity index is 1010. The number of hydrogen-bond donors (Lipinski definition) is 0. The molecule has 0 atom stereocenters. The molecule has 128 valence electrons. The van der Waals surface area contributed by atoms with Crippen molar-refractivity contribution in [1.82, 2.24) is 0 Å². The van der Waals surface area contributed by atoms with Crippen molar-refractivity contribution in [2.45, 2.75) is 20.8 Å². The van der Waals surface area contributed by atoms with E-state index in [9.17, 15) is 14.7 Å². The van der Waals surface area contributed by atoms with Crippen molar-refractivity contribution >= 4 is 16.9 Å². The van der Waals surface area contributed by atoms with Gasteiger partial charge in [-0.05, 0) is 38.0 Å². The Morgan fingerprint density at radius 3 is 2.40 bits per heavy atom. The molecule has 0 amide bonds. The second kappa shape index (κ2) is 6.43. The van der Waals surface area contributed by atoms with Crippen LogP contribution in [0.25, 0.3) is 22.3 Å².